The minimum Gasteiger partial charge on any atom is -0.280 e. The number of allylic oxidation sites excluding steroid dienone is 8. The van der Waals surface area contributed by atoms with Crippen LogP contribution < -0.4 is 0 Å². The zero-order valence-electron chi connectivity index (χ0n) is 12.6. The van der Waals surface area contributed by atoms with Gasteiger partial charge in [0.2, 0.25) is 0 Å². The zero-order chi connectivity index (χ0) is 14.0. The van der Waals surface area contributed by atoms with Gasteiger partial charge in [-0.3, -0.25) is 16.4 Å². The maximum absolute atomic E-state index is 4.69. The fraction of sp³-hybridized carbons (Fsp3) is 0.500. The molecule has 2 aliphatic carbocycles. The average Bonchev–Trinajstić information content (AvgIpc) is 2.91. The Morgan fingerprint density at radius 2 is 1.32 bits per heavy atom. The molecule has 2 aliphatic rings. The summed E-state index contributed by atoms with van der Waals surface area (Å²) in [7, 11) is 0. The van der Waals surface area contributed by atoms with Gasteiger partial charge in [-0.1, -0.05) is 13.8 Å². The van der Waals surface area contributed by atoms with E-state index in [1.165, 1.54) is 22.3 Å². The van der Waals surface area contributed by atoms with Gasteiger partial charge in [0.1, 0.15) is 0 Å². The molecular weight excluding hydrogens is 422 g/mol. The van der Waals surface area contributed by atoms with Crippen molar-refractivity contribution in [2.45, 2.75) is 47.5 Å². The molecule has 0 amide bonds. The maximum atomic E-state index is 4.69. The molecule has 0 bridgehead atoms. The second-order valence-electron chi connectivity index (χ2n) is 4.18. The normalized spacial score (nSPS) is 15.7. The Morgan fingerprint density at radius 1 is 1.00 bits per heavy atom. The SMILES string of the molecule is CC1=[C-]CC=C1C.CC1=[C-]CC=C1C.CCOCl.[Hf]. The Labute approximate surface area is 142 Å². The second-order valence-corrected chi connectivity index (χ2v) is 4.40. The van der Waals surface area contributed by atoms with Crippen LogP contribution in [0.2, 0.25) is 0 Å². The van der Waals surface area contributed by atoms with Crippen molar-refractivity contribution < 1.29 is 30.1 Å². The van der Waals surface area contributed by atoms with E-state index in [4.69, 9.17) is 0 Å². The van der Waals surface area contributed by atoms with Crippen molar-refractivity contribution in [3.8, 4) is 0 Å². The van der Waals surface area contributed by atoms with Crippen LogP contribution in [-0.2, 0) is 30.1 Å². The number of rotatable bonds is 1. The van der Waals surface area contributed by atoms with Crippen LogP contribution in [0.3, 0.4) is 0 Å². The first-order valence-corrected chi connectivity index (χ1v) is 6.56. The van der Waals surface area contributed by atoms with E-state index in [-0.39, 0.29) is 25.8 Å². The van der Waals surface area contributed by atoms with Crippen LogP contribution >= 0.6 is 11.9 Å². The minimum absolute atomic E-state index is 0. The third-order valence-corrected chi connectivity index (χ3v) is 3.06. The minimum atomic E-state index is 0. The molecule has 19 heavy (non-hydrogen) atoms. The van der Waals surface area contributed by atoms with Gasteiger partial charge in [0, 0.05) is 25.8 Å². The Hall–Kier alpha value is 0.0801. The summed E-state index contributed by atoms with van der Waals surface area (Å²) < 4.78 is 4.01. The van der Waals surface area contributed by atoms with Gasteiger partial charge >= 0.3 is 0 Å². The van der Waals surface area contributed by atoms with Gasteiger partial charge in [-0.15, -0.1) is 26.7 Å². The van der Waals surface area contributed by atoms with E-state index in [1.54, 1.807) is 0 Å². The van der Waals surface area contributed by atoms with Crippen molar-refractivity contribution in [3.05, 3.63) is 46.6 Å². The van der Waals surface area contributed by atoms with Crippen molar-refractivity contribution in [2.75, 3.05) is 6.61 Å². The quantitative estimate of drug-likeness (QED) is 0.391. The van der Waals surface area contributed by atoms with Gasteiger partial charge < -0.3 is 0 Å². The van der Waals surface area contributed by atoms with Crippen molar-refractivity contribution >= 4 is 11.9 Å². The van der Waals surface area contributed by atoms with Gasteiger partial charge in [-0.25, -0.2) is 22.3 Å². The largest absolute Gasteiger partial charge is 0.280 e. The summed E-state index contributed by atoms with van der Waals surface area (Å²) in [6.45, 7) is 10.8. The fourth-order valence-electron chi connectivity index (χ4n) is 1.30. The van der Waals surface area contributed by atoms with Crippen LogP contribution in [0.4, 0.5) is 0 Å². The summed E-state index contributed by atoms with van der Waals surface area (Å²) in [5.74, 6) is 0. The first-order valence-electron chi connectivity index (χ1n) is 6.25. The zero-order valence-corrected chi connectivity index (χ0v) is 16.9. The van der Waals surface area contributed by atoms with E-state index in [9.17, 15) is 0 Å². The van der Waals surface area contributed by atoms with E-state index >= 15 is 0 Å². The predicted octanol–water partition coefficient (Wildman–Crippen LogP) is 5.35. The molecule has 0 spiro atoms. The molecule has 0 saturated heterocycles. The smallest absolute Gasteiger partial charge is 0.0654 e. The van der Waals surface area contributed by atoms with Crippen LogP contribution in [-0.4, -0.2) is 6.61 Å². The van der Waals surface area contributed by atoms with Gasteiger partial charge in [0.25, 0.3) is 0 Å². The number of hydrogen-bond acceptors (Lipinski definition) is 1. The molecule has 0 aliphatic heterocycles. The van der Waals surface area contributed by atoms with Crippen LogP contribution in [0, 0.1) is 12.2 Å². The fourth-order valence-corrected chi connectivity index (χ4v) is 1.30. The van der Waals surface area contributed by atoms with Crippen LogP contribution in [0.5, 0.6) is 0 Å². The van der Waals surface area contributed by atoms with Crippen molar-refractivity contribution in [3.63, 3.8) is 0 Å². The van der Waals surface area contributed by atoms with E-state index < -0.39 is 0 Å². The molecule has 106 valence electrons. The molecule has 0 aromatic heterocycles. The van der Waals surface area contributed by atoms with E-state index in [2.05, 4.69) is 68.2 Å². The standard InChI is InChI=1S/2C7H9.C2H5ClO.Hf/c2*1-6-4-3-5-7(6)2;1-2-4-3;/h2*4H,3H2,1-2H3;2H2,1H3;/q2*-1;;. The van der Waals surface area contributed by atoms with Crippen LogP contribution in [0.1, 0.15) is 47.5 Å². The molecule has 0 aromatic rings. The maximum Gasteiger partial charge on any atom is 0.0654 e. The molecule has 0 saturated carbocycles. The van der Waals surface area contributed by atoms with Crippen molar-refractivity contribution in [1.29, 1.82) is 0 Å². The van der Waals surface area contributed by atoms with Crippen molar-refractivity contribution in [2.24, 2.45) is 0 Å². The summed E-state index contributed by atoms with van der Waals surface area (Å²) in [4.78, 5) is 0. The Balaban J connectivity index is 0. The molecule has 0 heterocycles. The summed E-state index contributed by atoms with van der Waals surface area (Å²) in [6, 6.07) is 0. The van der Waals surface area contributed by atoms with E-state index in [1.807, 2.05) is 6.92 Å². The average molecular weight is 445 g/mol. The number of hydrogen-bond donors (Lipinski definition) is 0. The summed E-state index contributed by atoms with van der Waals surface area (Å²) >= 11 is 4.69. The monoisotopic (exact) mass is 446 g/mol. The first-order chi connectivity index (χ1) is 8.52. The Morgan fingerprint density at radius 3 is 1.37 bits per heavy atom. The molecule has 0 N–H and O–H groups in total. The van der Waals surface area contributed by atoms with Gasteiger partial charge in [0.05, 0.1) is 18.5 Å². The van der Waals surface area contributed by atoms with E-state index in [0.717, 1.165) is 12.8 Å². The predicted molar refractivity (Wildman–Crippen MR) is 79.1 cm³/mol. The van der Waals surface area contributed by atoms with Crippen LogP contribution in [0.15, 0.2) is 34.4 Å². The van der Waals surface area contributed by atoms with Crippen LogP contribution in [0.25, 0.3) is 0 Å². The second kappa shape index (κ2) is 13.1. The third kappa shape index (κ3) is 10.5. The summed E-state index contributed by atoms with van der Waals surface area (Å²) in [6.07, 6.45) is 12.8. The topological polar surface area (TPSA) is 9.23 Å². The molecule has 0 unspecified atom stereocenters. The molecule has 0 fully saturated rings. The summed E-state index contributed by atoms with van der Waals surface area (Å²) in [5, 5.41) is 0. The Kier molecular flexibility index (Phi) is 14.7. The Bertz CT molecular complexity index is 297. The molecular formula is C16H23ClHfO-2. The third-order valence-electron chi connectivity index (χ3n) is 2.84. The molecule has 1 nitrogen and oxygen atoms in total. The van der Waals surface area contributed by atoms with E-state index in [0.29, 0.717) is 6.61 Å². The molecule has 3 heteroatoms. The number of halogens is 1. The van der Waals surface area contributed by atoms with Gasteiger partial charge in [-0.05, 0) is 6.92 Å². The molecule has 2 rings (SSSR count). The van der Waals surface area contributed by atoms with Crippen molar-refractivity contribution in [1.82, 2.24) is 0 Å². The molecule has 0 atom stereocenters. The first kappa shape index (κ1) is 21.4. The van der Waals surface area contributed by atoms with Gasteiger partial charge in [-0.2, -0.15) is 12.2 Å². The molecule has 0 aromatic carbocycles. The molecule has 0 radical (unpaired) electrons. The summed E-state index contributed by atoms with van der Waals surface area (Å²) in [5.41, 5.74) is 5.42. The van der Waals surface area contributed by atoms with Gasteiger partial charge in [0.15, 0.2) is 0 Å².